The second-order valence-corrected chi connectivity index (χ2v) is 4.65. The van der Waals surface area contributed by atoms with E-state index in [1.807, 2.05) is 0 Å². The van der Waals surface area contributed by atoms with Gasteiger partial charge in [-0.3, -0.25) is 9.69 Å². The number of carbonyl (C=O) groups is 1. The Morgan fingerprint density at radius 2 is 2.00 bits per heavy atom. The van der Waals surface area contributed by atoms with Gasteiger partial charge in [-0.1, -0.05) is 6.92 Å². The van der Waals surface area contributed by atoms with Crippen molar-refractivity contribution in [3.8, 4) is 0 Å². The normalized spacial score (nSPS) is 16.9. The molecule has 18 heavy (non-hydrogen) atoms. The Bertz CT molecular complexity index is 414. The maximum Gasteiger partial charge on any atom is 0.152 e. The van der Waals surface area contributed by atoms with E-state index in [1.54, 1.807) is 6.07 Å². The molecule has 4 heteroatoms. The molecule has 0 saturated carbocycles. The molecular weight excluding hydrogens is 231 g/mol. The molecule has 0 unspecified atom stereocenters. The first-order chi connectivity index (χ1) is 8.74. The van der Waals surface area contributed by atoms with Gasteiger partial charge in [-0.2, -0.15) is 0 Å². The van der Waals surface area contributed by atoms with Crippen molar-refractivity contribution >= 4 is 12.0 Å². The van der Waals surface area contributed by atoms with E-state index >= 15 is 0 Å². The smallest absolute Gasteiger partial charge is 0.152 e. The van der Waals surface area contributed by atoms with Crippen molar-refractivity contribution in [3.05, 3.63) is 29.6 Å². The predicted octanol–water partition coefficient (Wildman–Crippen LogP) is 2.17. The van der Waals surface area contributed by atoms with Crippen molar-refractivity contribution in [3.63, 3.8) is 0 Å². The van der Waals surface area contributed by atoms with Crippen molar-refractivity contribution in [2.75, 3.05) is 37.6 Å². The molecule has 0 bridgehead atoms. The van der Waals surface area contributed by atoms with Gasteiger partial charge >= 0.3 is 0 Å². The van der Waals surface area contributed by atoms with Crippen LogP contribution in [0.2, 0.25) is 0 Å². The van der Waals surface area contributed by atoms with Crippen molar-refractivity contribution in [1.82, 2.24) is 4.90 Å². The molecule has 0 aromatic heterocycles. The van der Waals surface area contributed by atoms with Crippen LogP contribution in [-0.2, 0) is 0 Å². The summed E-state index contributed by atoms with van der Waals surface area (Å²) in [6.45, 7) is 7.10. The van der Waals surface area contributed by atoms with E-state index in [0.29, 0.717) is 5.56 Å². The van der Waals surface area contributed by atoms with Crippen molar-refractivity contribution in [2.24, 2.45) is 0 Å². The largest absolute Gasteiger partial charge is 0.368 e. The molecule has 98 valence electrons. The van der Waals surface area contributed by atoms with Crippen LogP contribution < -0.4 is 4.90 Å². The molecule has 0 atom stereocenters. The van der Waals surface area contributed by atoms with Gasteiger partial charge in [-0.15, -0.1) is 0 Å². The van der Waals surface area contributed by atoms with Gasteiger partial charge in [0.05, 0.1) is 0 Å². The van der Waals surface area contributed by atoms with Crippen molar-refractivity contribution < 1.29 is 9.18 Å². The highest BCUT2D eigenvalue weighted by Gasteiger charge is 2.18. The Morgan fingerprint density at radius 1 is 1.28 bits per heavy atom. The van der Waals surface area contributed by atoms with E-state index in [-0.39, 0.29) is 5.82 Å². The highest BCUT2D eigenvalue weighted by Crippen LogP contribution is 2.21. The fourth-order valence-corrected chi connectivity index (χ4v) is 2.44. The first kappa shape index (κ1) is 13.0. The lowest BCUT2D eigenvalue weighted by molar-refractivity contribution is 0.112. The third-order valence-electron chi connectivity index (χ3n) is 3.37. The Morgan fingerprint density at radius 3 is 2.61 bits per heavy atom. The minimum Gasteiger partial charge on any atom is -0.368 e. The minimum absolute atomic E-state index is 0.356. The fourth-order valence-electron chi connectivity index (χ4n) is 2.44. The molecule has 3 nitrogen and oxygen atoms in total. The zero-order valence-electron chi connectivity index (χ0n) is 10.7. The molecule has 1 aliphatic rings. The monoisotopic (exact) mass is 250 g/mol. The van der Waals surface area contributed by atoms with E-state index in [1.165, 1.54) is 12.1 Å². The zero-order valence-corrected chi connectivity index (χ0v) is 10.7. The highest BCUT2D eigenvalue weighted by molar-refractivity contribution is 5.84. The lowest BCUT2D eigenvalue weighted by atomic mass is 10.1. The molecule has 2 rings (SSSR count). The Hall–Kier alpha value is -1.42. The molecule has 0 N–H and O–H groups in total. The average Bonchev–Trinajstić information content (AvgIpc) is 2.40. The molecule has 1 fully saturated rings. The molecule has 0 spiro atoms. The fraction of sp³-hybridized carbons (Fsp3) is 0.500. The number of rotatable bonds is 4. The van der Waals surface area contributed by atoms with Crippen molar-refractivity contribution in [2.45, 2.75) is 13.3 Å². The van der Waals surface area contributed by atoms with Gasteiger partial charge in [-0.25, -0.2) is 4.39 Å². The molecule has 1 aromatic rings. The number of benzene rings is 1. The standard InChI is InChI=1S/C14H19FN2O/c1-2-5-16-6-8-17(9-7-16)14-4-3-13(15)10-12(14)11-18/h3-4,10-11H,2,5-9H2,1H3. The van der Waals surface area contributed by atoms with E-state index < -0.39 is 0 Å². The average molecular weight is 250 g/mol. The Kier molecular flexibility index (Phi) is 4.31. The van der Waals surface area contributed by atoms with Gasteiger partial charge < -0.3 is 4.90 Å². The van der Waals surface area contributed by atoms with Crippen molar-refractivity contribution in [1.29, 1.82) is 0 Å². The molecule has 1 saturated heterocycles. The molecule has 0 amide bonds. The second kappa shape index (κ2) is 5.96. The number of nitrogens with zero attached hydrogens (tertiary/aromatic N) is 2. The number of halogens is 1. The SMILES string of the molecule is CCCN1CCN(c2ccc(F)cc2C=O)CC1. The number of carbonyl (C=O) groups excluding carboxylic acids is 1. The third kappa shape index (κ3) is 2.88. The molecule has 0 aliphatic carbocycles. The van der Waals surface area contributed by atoms with E-state index in [2.05, 4.69) is 16.7 Å². The van der Waals surface area contributed by atoms with Crippen LogP contribution in [0.15, 0.2) is 18.2 Å². The Balaban J connectivity index is 2.07. The maximum absolute atomic E-state index is 13.1. The lowest BCUT2D eigenvalue weighted by Crippen LogP contribution is -2.46. The molecule has 1 aromatic carbocycles. The quantitative estimate of drug-likeness (QED) is 0.765. The summed E-state index contributed by atoms with van der Waals surface area (Å²) in [4.78, 5) is 15.6. The first-order valence-corrected chi connectivity index (χ1v) is 6.46. The summed E-state index contributed by atoms with van der Waals surface area (Å²) in [5.41, 5.74) is 1.29. The summed E-state index contributed by atoms with van der Waals surface area (Å²) in [7, 11) is 0. The molecule has 1 aliphatic heterocycles. The summed E-state index contributed by atoms with van der Waals surface area (Å²) in [5.74, 6) is -0.356. The van der Waals surface area contributed by atoms with Crippen LogP contribution in [0.3, 0.4) is 0 Å². The van der Waals surface area contributed by atoms with Crippen LogP contribution in [0.4, 0.5) is 10.1 Å². The van der Waals surface area contributed by atoms with Gasteiger partial charge in [-0.05, 0) is 31.2 Å². The number of anilines is 1. The van der Waals surface area contributed by atoms with Crippen LogP contribution in [-0.4, -0.2) is 43.9 Å². The molecule has 0 radical (unpaired) electrons. The minimum atomic E-state index is -0.356. The van der Waals surface area contributed by atoms with E-state index in [4.69, 9.17) is 0 Å². The highest BCUT2D eigenvalue weighted by atomic mass is 19.1. The van der Waals surface area contributed by atoms with Crippen LogP contribution in [0.25, 0.3) is 0 Å². The number of aldehydes is 1. The first-order valence-electron chi connectivity index (χ1n) is 6.46. The second-order valence-electron chi connectivity index (χ2n) is 4.65. The summed E-state index contributed by atoms with van der Waals surface area (Å²) in [5, 5.41) is 0. The summed E-state index contributed by atoms with van der Waals surface area (Å²) >= 11 is 0. The van der Waals surface area contributed by atoms with Gasteiger partial charge in [0.15, 0.2) is 6.29 Å². The summed E-state index contributed by atoms with van der Waals surface area (Å²) in [6.07, 6.45) is 1.90. The van der Waals surface area contributed by atoms with E-state index in [9.17, 15) is 9.18 Å². The third-order valence-corrected chi connectivity index (χ3v) is 3.37. The molecular formula is C14H19FN2O. The number of piperazine rings is 1. The van der Waals surface area contributed by atoms with Crippen LogP contribution in [0.5, 0.6) is 0 Å². The van der Waals surface area contributed by atoms with Gasteiger partial charge in [0, 0.05) is 37.4 Å². The topological polar surface area (TPSA) is 23.6 Å². The van der Waals surface area contributed by atoms with Gasteiger partial charge in [0.1, 0.15) is 5.82 Å². The summed E-state index contributed by atoms with van der Waals surface area (Å²) < 4.78 is 13.1. The van der Waals surface area contributed by atoms with Crippen LogP contribution in [0, 0.1) is 5.82 Å². The van der Waals surface area contributed by atoms with Crippen LogP contribution in [0.1, 0.15) is 23.7 Å². The van der Waals surface area contributed by atoms with Gasteiger partial charge in [0.2, 0.25) is 0 Å². The lowest BCUT2D eigenvalue weighted by Gasteiger charge is -2.36. The Labute approximate surface area is 107 Å². The van der Waals surface area contributed by atoms with Gasteiger partial charge in [0.25, 0.3) is 0 Å². The van der Waals surface area contributed by atoms with E-state index in [0.717, 1.165) is 51.1 Å². The zero-order chi connectivity index (χ0) is 13.0. The maximum atomic E-state index is 13.1. The summed E-state index contributed by atoms with van der Waals surface area (Å²) in [6, 6.07) is 4.43. The number of hydrogen-bond donors (Lipinski definition) is 0. The molecule has 1 heterocycles. The number of hydrogen-bond acceptors (Lipinski definition) is 3. The van der Waals surface area contributed by atoms with Crippen LogP contribution >= 0.6 is 0 Å². The predicted molar refractivity (Wildman–Crippen MR) is 70.7 cm³/mol.